The number of aromatic amines is 1. The maximum absolute atomic E-state index is 14.5. The second kappa shape index (κ2) is 7.10. The monoisotopic (exact) mass is 366 g/mol. The molecule has 2 amide bonds. The number of carbonyl (C=O) groups excluding carboxylic acids is 1. The number of hydrogen-bond donors (Lipinski definition) is 3. The lowest BCUT2D eigenvalue weighted by atomic mass is 10.00. The average molecular weight is 366 g/mol. The van der Waals surface area contributed by atoms with Crippen molar-refractivity contribution in [2.24, 2.45) is 0 Å². The van der Waals surface area contributed by atoms with Crippen LogP contribution in [0.3, 0.4) is 0 Å². The van der Waals surface area contributed by atoms with E-state index in [1.807, 2.05) is 0 Å². The van der Waals surface area contributed by atoms with Gasteiger partial charge >= 0.3 is 6.03 Å². The van der Waals surface area contributed by atoms with Crippen molar-refractivity contribution >= 4 is 23.7 Å². The number of hydrogen-bond acceptors (Lipinski definition) is 6. The minimum absolute atomic E-state index is 0.0811. The van der Waals surface area contributed by atoms with Crippen molar-refractivity contribution in [2.75, 3.05) is 42.7 Å². The highest BCUT2D eigenvalue weighted by Gasteiger charge is 2.48. The lowest BCUT2D eigenvalue weighted by molar-refractivity contribution is -0.0760. The van der Waals surface area contributed by atoms with Crippen LogP contribution < -0.4 is 15.5 Å². The minimum Gasteiger partial charge on any atom is -0.373 e. The largest absolute Gasteiger partial charge is 0.373 e. The van der Waals surface area contributed by atoms with E-state index in [0.29, 0.717) is 11.8 Å². The van der Waals surface area contributed by atoms with Crippen LogP contribution in [0.2, 0.25) is 0 Å². The van der Waals surface area contributed by atoms with E-state index in [1.165, 1.54) is 19.4 Å². The molecule has 0 radical (unpaired) electrons. The molecule has 1 fully saturated rings. The van der Waals surface area contributed by atoms with Crippen LogP contribution >= 0.6 is 0 Å². The van der Waals surface area contributed by atoms with Crippen LogP contribution in [0.5, 0.6) is 0 Å². The van der Waals surface area contributed by atoms with Crippen molar-refractivity contribution in [3.05, 3.63) is 24.7 Å². The molecule has 1 atom stereocenters. The maximum Gasteiger partial charge on any atom is 0.324 e. The van der Waals surface area contributed by atoms with Gasteiger partial charge in [0.2, 0.25) is 11.9 Å². The lowest BCUT2D eigenvalue weighted by Crippen LogP contribution is -2.60. The molecule has 11 heteroatoms. The Morgan fingerprint density at radius 1 is 1.42 bits per heavy atom. The Labute approximate surface area is 148 Å². The van der Waals surface area contributed by atoms with Crippen molar-refractivity contribution in [1.82, 2.24) is 24.8 Å². The van der Waals surface area contributed by atoms with Gasteiger partial charge in [-0.05, 0) is 6.07 Å². The molecule has 9 nitrogen and oxygen atoms in total. The Balaban J connectivity index is 1.76. The molecular weight excluding hydrogens is 346 g/mol. The third-order valence-electron chi connectivity index (χ3n) is 4.29. The molecule has 140 valence electrons. The van der Waals surface area contributed by atoms with E-state index in [0.717, 1.165) is 4.90 Å². The zero-order valence-corrected chi connectivity index (χ0v) is 14.4. The summed E-state index contributed by atoms with van der Waals surface area (Å²) < 4.78 is 28.9. The third-order valence-corrected chi connectivity index (χ3v) is 4.29. The van der Waals surface area contributed by atoms with E-state index in [2.05, 4.69) is 30.6 Å². The van der Waals surface area contributed by atoms with Crippen LogP contribution in [-0.2, 0) is 0 Å². The number of rotatable bonds is 4. The summed E-state index contributed by atoms with van der Waals surface area (Å²) in [7, 11) is 3.05. The van der Waals surface area contributed by atoms with E-state index in [9.17, 15) is 13.6 Å². The van der Waals surface area contributed by atoms with Gasteiger partial charge in [0.25, 0.3) is 5.92 Å². The highest BCUT2D eigenvalue weighted by atomic mass is 19.3. The lowest BCUT2D eigenvalue weighted by Gasteiger charge is -2.42. The molecule has 1 unspecified atom stereocenters. The van der Waals surface area contributed by atoms with Crippen molar-refractivity contribution < 1.29 is 13.6 Å². The number of piperidine rings is 1. The summed E-state index contributed by atoms with van der Waals surface area (Å²) in [5.74, 6) is -1.89. The number of alkyl halides is 2. The van der Waals surface area contributed by atoms with Gasteiger partial charge in [-0.1, -0.05) is 0 Å². The van der Waals surface area contributed by atoms with Gasteiger partial charge in [0.1, 0.15) is 11.9 Å². The van der Waals surface area contributed by atoms with Crippen LogP contribution in [0.15, 0.2) is 24.7 Å². The predicted octanol–water partition coefficient (Wildman–Crippen LogP) is 1.62. The topological polar surface area (TPSA) is 102 Å². The number of likely N-dealkylation sites (N-methyl/N-ethyl adjacent to an activating group) is 1. The van der Waals surface area contributed by atoms with Gasteiger partial charge in [0.15, 0.2) is 0 Å². The first-order valence-corrected chi connectivity index (χ1v) is 8.07. The Bertz CT molecular complexity index is 754. The molecule has 1 aliphatic rings. The molecular formula is C15H20F2N8O. The number of aromatic nitrogens is 4. The number of amides is 2. The first-order chi connectivity index (χ1) is 12.4. The zero-order valence-electron chi connectivity index (χ0n) is 14.4. The summed E-state index contributed by atoms with van der Waals surface area (Å²) in [6.07, 6.45) is 4.14. The number of halogens is 2. The van der Waals surface area contributed by atoms with Crippen molar-refractivity contribution in [2.45, 2.75) is 18.4 Å². The molecule has 3 heterocycles. The standard InChI is InChI=1S/C15H20F2N8O/c1-18-11-3-5-21-13(22-11)25-8-4-15(16,17)10(9-25)24(2)14(26)23-12-19-6-7-20-12/h3,5-7,10H,4,8-9H2,1-2H3,(H,18,21,22)(H2,19,20,23,26). The van der Waals surface area contributed by atoms with Crippen molar-refractivity contribution in [3.8, 4) is 0 Å². The summed E-state index contributed by atoms with van der Waals surface area (Å²) in [6.45, 7) is 0.0204. The Morgan fingerprint density at radius 2 is 2.23 bits per heavy atom. The predicted molar refractivity (Wildman–Crippen MR) is 92.5 cm³/mol. The fourth-order valence-corrected chi connectivity index (χ4v) is 2.78. The van der Waals surface area contributed by atoms with Crippen molar-refractivity contribution in [3.63, 3.8) is 0 Å². The molecule has 2 aromatic heterocycles. The van der Waals surface area contributed by atoms with Crippen LogP contribution in [-0.4, -0.2) is 70.0 Å². The summed E-state index contributed by atoms with van der Waals surface area (Å²) in [4.78, 5) is 30.0. The van der Waals surface area contributed by atoms with Gasteiger partial charge in [-0.15, -0.1) is 0 Å². The number of nitrogens with zero attached hydrogens (tertiary/aromatic N) is 5. The summed E-state index contributed by atoms with van der Waals surface area (Å²) in [5.41, 5.74) is 0. The fourth-order valence-electron chi connectivity index (χ4n) is 2.78. The summed E-state index contributed by atoms with van der Waals surface area (Å²) in [5, 5.41) is 5.35. The fraction of sp³-hybridized carbons (Fsp3) is 0.467. The number of nitrogens with one attached hydrogen (secondary N) is 3. The molecule has 0 saturated carbocycles. The molecule has 3 rings (SSSR count). The number of imidazole rings is 1. The average Bonchev–Trinajstić information content (AvgIpc) is 3.14. The SMILES string of the molecule is CNc1ccnc(N2CCC(F)(F)C(N(C)C(=O)Nc3ncc[nH]3)C2)n1. The van der Waals surface area contributed by atoms with Gasteiger partial charge < -0.3 is 20.1 Å². The van der Waals surface area contributed by atoms with Crippen LogP contribution in [0.25, 0.3) is 0 Å². The minimum atomic E-state index is -3.02. The molecule has 1 saturated heterocycles. The number of carbonyl (C=O) groups is 1. The van der Waals surface area contributed by atoms with Gasteiger partial charge in [-0.25, -0.2) is 23.5 Å². The second-order valence-electron chi connectivity index (χ2n) is 5.94. The van der Waals surface area contributed by atoms with E-state index in [4.69, 9.17) is 0 Å². The third kappa shape index (κ3) is 3.65. The maximum atomic E-state index is 14.5. The second-order valence-corrected chi connectivity index (χ2v) is 5.94. The molecule has 0 spiro atoms. The van der Waals surface area contributed by atoms with Crippen LogP contribution in [0.1, 0.15) is 6.42 Å². The first kappa shape index (κ1) is 17.8. The highest BCUT2D eigenvalue weighted by Crippen LogP contribution is 2.33. The molecule has 0 aliphatic carbocycles. The quantitative estimate of drug-likeness (QED) is 0.760. The van der Waals surface area contributed by atoms with Gasteiger partial charge in [-0.3, -0.25) is 5.32 Å². The zero-order chi connectivity index (χ0) is 18.7. The smallest absolute Gasteiger partial charge is 0.324 e. The first-order valence-electron chi connectivity index (χ1n) is 8.07. The molecule has 0 bridgehead atoms. The Kier molecular flexibility index (Phi) is 4.87. The number of anilines is 3. The molecule has 26 heavy (non-hydrogen) atoms. The summed E-state index contributed by atoms with van der Waals surface area (Å²) in [6, 6.07) is -0.313. The molecule has 3 N–H and O–H groups in total. The van der Waals surface area contributed by atoms with Gasteiger partial charge in [-0.2, -0.15) is 4.98 Å². The van der Waals surface area contributed by atoms with Crippen LogP contribution in [0.4, 0.5) is 31.3 Å². The van der Waals surface area contributed by atoms with Crippen molar-refractivity contribution in [1.29, 1.82) is 0 Å². The normalized spacial score (nSPS) is 19.1. The molecule has 2 aromatic rings. The van der Waals surface area contributed by atoms with Gasteiger partial charge in [0, 0.05) is 52.2 Å². The molecule has 0 aromatic carbocycles. The van der Waals surface area contributed by atoms with E-state index in [1.54, 1.807) is 24.2 Å². The Morgan fingerprint density at radius 3 is 2.92 bits per heavy atom. The van der Waals surface area contributed by atoms with E-state index in [-0.39, 0.29) is 19.0 Å². The van der Waals surface area contributed by atoms with E-state index < -0.39 is 24.4 Å². The Hall–Kier alpha value is -2.98. The van der Waals surface area contributed by atoms with Gasteiger partial charge in [0.05, 0.1) is 0 Å². The molecule has 1 aliphatic heterocycles. The van der Waals surface area contributed by atoms with Crippen LogP contribution in [0, 0.1) is 0 Å². The summed E-state index contributed by atoms with van der Waals surface area (Å²) >= 11 is 0. The number of H-pyrrole nitrogens is 1. The number of urea groups is 1. The van der Waals surface area contributed by atoms with E-state index >= 15 is 0 Å². The highest BCUT2D eigenvalue weighted by molar-refractivity contribution is 5.87.